The Kier molecular flexibility index (Phi) is 4.26. The quantitative estimate of drug-likeness (QED) is 0.624. The van der Waals surface area contributed by atoms with Crippen molar-refractivity contribution in [2.45, 2.75) is 0 Å². The van der Waals surface area contributed by atoms with Gasteiger partial charge in [0.2, 0.25) is 5.78 Å². The number of hydrogen-bond acceptors (Lipinski definition) is 2. The summed E-state index contributed by atoms with van der Waals surface area (Å²) >= 11 is 5.90. The molecule has 0 radical (unpaired) electrons. The van der Waals surface area contributed by atoms with Crippen LogP contribution in [0.15, 0.2) is 71.8 Å². The smallest absolute Gasteiger partial charge is 0.204 e. The summed E-state index contributed by atoms with van der Waals surface area (Å²) in [5.41, 5.74) is 0.964. The molecule has 0 saturated heterocycles. The molecule has 0 aliphatic heterocycles. The molecular weight excluding hydrogens is 260 g/mol. The number of halogens is 1. The predicted octanol–water partition coefficient (Wildman–Crippen LogP) is 3.87. The largest absolute Gasteiger partial charge is 0.289 e. The second-order valence-corrected chi connectivity index (χ2v) is 4.32. The lowest BCUT2D eigenvalue weighted by atomic mass is 10.1. The monoisotopic (exact) mass is 270 g/mol. The molecule has 0 atom stereocenters. The summed E-state index contributed by atoms with van der Waals surface area (Å²) in [7, 11) is 0. The van der Waals surface area contributed by atoms with Crippen LogP contribution in [-0.2, 0) is 0 Å². The van der Waals surface area contributed by atoms with Crippen LogP contribution in [0.5, 0.6) is 0 Å². The van der Waals surface area contributed by atoms with E-state index < -0.39 is 0 Å². The Bertz CT molecular complexity index is 616. The summed E-state index contributed by atoms with van der Waals surface area (Å²) in [6.45, 7) is 0. The first-order chi connectivity index (χ1) is 9.18. The van der Waals surface area contributed by atoms with Crippen LogP contribution in [0.25, 0.3) is 0 Å². The number of benzene rings is 2. The van der Waals surface area contributed by atoms with Crippen molar-refractivity contribution in [2.75, 3.05) is 0 Å². The van der Waals surface area contributed by atoms with Gasteiger partial charge in [-0.05, 0) is 0 Å². The molecule has 0 N–H and O–H groups in total. The molecule has 2 rings (SSSR count). The Hall–Kier alpha value is -2.19. The van der Waals surface area contributed by atoms with E-state index >= 15 is 0 Å². The van der Waals surface area contributed by atoms with Crippen LogP contribution in [0.2, 0.25) is 0 Å². The molecule has 0 aliphatic rings. The van der Waals surface area contributed by atoms with Gasteiger partial charge in [-0.15, -0.1) is 0 Å². The van der Waals surface area contributed by atoms with E-state index in [9.17, 15) is 9.59 Å². The summed E-state index contributed by atoms with van der Waals surface area (Å²) in [5.74, 6) is -0.638. The van der Waals surface area contributed by atoms with Crippen molar-refractivity contribution >= 4 is 23.2 Å². The Morgan fingerprint density at radius 3 is 1.79 bits per heavy atom. The lowest BCUT2D eigenvalue weighted by Crippen LogP contribution is -2.02. The van der Waals surface area contributed by atoms with E-state index in [1.807, 2.05) is 12.1 Å². The second kappa shape index (κ2) is 6.12. The molecule has 94 valence electrons. The van der Waals surface area contributed by atoms with E-state index in [0.717, 1.165) is 6.08 Å². The summed E-state index contributed by atoms with van der Waals surface area (Å²) in [6, 6.07) is 17.3. The molecule has 0 spiro atoms. The highest BCUT2D eigenvalue weighted by Crippen LogP contribution is 2.13. The van der Waals surface area contributed by atoms with E-state index in [0.29, 0.717) is 11.1 Å². The molecule has 0 unspecified atom stereocenters. The highest BCUT2D eigenvalue weighted by atomic mass is 35.5. The third-order valence-electron chi connectivity index (χ3n) is 2.57. The number of carbonyl (C=O) groups excluding carboxylic acids is 2. The average molecular weight is 271 g/mol. The minimum Gasteiger partial charge on any atom is -0.289 e. The van der Waals surface area contributed by atoms with Gasteiger partial charge in [-0.1, -0.05) is 72.3 Å². The van der Waals surface area contributed by atoms with Crippen LogP contribution < -0.4 is 0 Å². The fourth-order valence-electron chi connectivity index (χ4n) is 1.59. The summed E-state index contributed by atoms with van der Waals surface area (Å²) in [5, 5.41) is -0.0833. The highest BCUT2D eigenvalue weighted by molar-refractivity contribution is 6.46. The van der Waals surface area contributed by atoms with Gasteiger partial charge in [-0.2, -0.15) is 0 Å². The number of rotatable bonds is 4. The summed E-state index contributed by atoms with van der Waals surface area (Å²) in [6.07, 6.45) is 1.16. The number of allylic oxidation sites excluding steroid dienone is 2. The molecule has 2 aromatic carbocycles. The molecule has 0 aliphatic carbocycles. The third-order valence-corrected chi connectivity index (χ3v) is 2.85. The molecular formula is C16H11ClO2. The molecule has 2 nitrogen and oxygen atoms in total. The average Bonchev–Trinajstić information content (AvgIpc) is 2.48. The van der Waals surface area contributed by atoms with Gasteiger partial charge >= 0.3 is 0 Å². The zero-order valence-corrected chi connectivity index (χ0v) is 10.8. The van der Waals surface area contributed by atoms with E-state index in [1.165, 1.54) is 0 Å². The van der Waals surface area contributed by atoms with Gasteiger partial charge in [0, 0.05) is 17.2 Å². The second-order valence-electron chi connectivity index (χ2n) is 3.92. The number of ketones is 2. The van der Waals surface area contributed by atoms with Gasteiger partial charge in [0.25, 0.3) is 0 Å². The van der Waals surface area contributed by atoms with Crippen LogP contribution >= 0.6 is 11.6 Å². The minimum atomic E-state index is -0.355. The molecule has 0 fully saturated rings. The van der Waals surface area contributed by atoms with Gasteiger partial charge in [0.15, 0.2) is 5.78 Å². The van der Waals surface area contributed by atoms with E-state index in [-0.39, 0.29) is 16.6 Å². The Morgan fingerprint density at radius 2 is 1.26 bits per heavy atom. The summed E-state index contributed by atoms with van der Waals surface area (Å²) < 4.78 is 0. The Morgan fingerprint density at radius 1 is 0.789 bits per heavy atom. The molecule has 0 saturated carbocycles. The highest BCUT2D eigenvalue weighted by Gasteiger charge is 2.12. The SMILES string of the molecule is O=C(/C=C(/Cl)C(=O)c1ccccc1)c1ccccc1. The maximum absolute atomic E-state index is 12.0. The predicted molar refractivity (Wildman–Crippen MR) is 75.5 cm³/mol. The summed E-state index contributed by atoms with van der Waals surface area (Å²) in [4.78, 5) is 23.8. The lowest BCUT2D eigenvalue weighted by molar-refractivity contribution is 0.101. The van der Waals surface area contributed by atoms with Crippen molar-refractivity contribution < 1.29 is 9.59 Å². The van der Waals surface area contributed by atoms with E-state index in [4.69, 9.17) is 11.6 Å². The standard InChI is InChI=1S/C16H11ClO2/c17-14(16(19)13-9-5-2-6-10-13)11-15(18)12-7-3-1-4-8-12/h1-11H/b14-11+. The molecule has 0 amide bonds. The maximum Gasteiger partial charge on any atom is 0.204 e. The van der Waals surface area contributed by atoms with E-state index in [2.05, 4.69) is 0 Å². The van der Waals surface area contributed by atoms with Crippen LogP contribution in [-0.4, -0.2) is 11.6 Å². The van der Waals surface area contributed by atoms with Crippen molar-refractivity contribution in [3.05, 3.63) is 82.9 Å². The van der Waals surface area contributed by atoms with Crippen molar-refractivity contribution in [3.63, 3.8) is 0 Å². The van der Waals surface area contributed by atoms with Gasteiger partial charge in [-0.3, -0.25) is 9.59 Å². The van der Waals surface area contributed by atoms with Gasteiger partial charge in [-0.25, -0.2) is 0 Å². The first-order valence-corrected chi connectivity index (χ1v) is 6.12. The number of hydrogen-bond donors (Lipinski definition) is 0. The van der Waals surface area contributed by atoms with E-state index in [1.54, 1.807) is 48.5 Å². The van der Waals surface area contributed by atoms with Crippen molar-refractivity contribution in [1.29, 1.82) is 0 Å². The molecule has 3 heteroatoms. The Labute approximate surface area is 116 Å². The minimum absolute atomic E-state index is 0.0833. The van der Waals surface area contributed by atoms with Crippen molar-refractivity contribution in [2.24, 2.45) is 0 Å². The van der Waals surface area contributed by atoms with Crippen LogP contribution in [0.4, 0.5) is 0 Å². The van der Waals surface area contributed by atoms with Gasteiger partial charge in [0.05, 0.1) is 5.03 Å². The van der Waals surface area contributed by atoms with Crippen LogP contribution in [0.1, 0.15) is 20.7 Å². The zero-order valence-electron chi connectivity index (χ0n) is 10.0. The molecule has 0 heterocycles. The molecule has 19 heavy (non-hydrogen) atoms. The van der Waals surface area contributed by atoms with Gasteiger partial charge in [0.1, 0.15) is 0 Å². The zero-order chi connectivity index (χ0) is 13.7. The normalized spacial score (nSPS) is 11.1. The number of carbonyl (C=O) groups is 2. The van der Waals surface area contributed by atoms with Crippen molar-refractivity contribution in [3.8, 4) is 0 Å². The topological polar surface area (TPSA) is 34.1 Å². The number of Topliss-reactive ketones (excluding diaryl/α,β-unsaturated/α-hetero) is 1. The van der Waals surface area contributed by atoms with Crippen LogP contribution in [0.3, 0.4) is 0 Å². The Balaban J connectivity index is 2.20. The van der Waals surface area contributed by atoms with Gasteiger partial charge < -0.3 is 0 Å². The first kappa shape index (κ1) is 13.2. The molecule has 2 aromatic rings. The lowest BCUT2D eigenvalue weighted by Gasteiger charge is -1.99. The van der Waals surface area contributed by atoms with Crippen LogP contribution in [0, 0.1) is 0 Å². The maximum atomic E-state index is 12.0. The fourth-order valence-corrected chi connectivity index (χ4v) is 1.80. The van der Waals surface area contributed by atoms with Crippen molar-refractivity contribution in [1.82, 2.24) is 0 Å². The molecule has 0 bridgehead atoms. The third kappa shape index (κ3) is 3.39. The fraction of sp³-hybridized carbons (Fsp3) is 0. The molecule has 0 aromatic heterocycles. The first-order valence-electron chi connectivity index (χ1n) is 5.75.